The monoisotopic (exact) mass is 498 g/mol. The van der Waals surface area contributed by atoms with Crippen molar-refractivity contribution in [3.63, 3.8) is 0 Å². The number of carbonyl (C=O) groups excluding carboxylic acids is 1. The summed E-state index contributed by atoms with van der Waals surface area (Å²) in [5.41, 5.74) is 2.19. The number of fused-ring (bicyclic) bond motifs is 1. The molecule has 1 amide bonds. The number of sulfonamides is 1. The Kier molecular flexibility index (Phi) is 6.75. The summed E-state index contributed by atoms with van der Waals surface area (Å²) >= 11 is 0. The summed E-state index contributed by atoms with van der Waals surface area (Å²) < 4.78 is 39.8. The number of hydrogen-bond acceptors (Lipinski definition) is 7. The van der Waals surface area contributed by atoms with Crippen molar-refractivity contribution >= 4 is 27.0 Å². The third-order valence-corrected chi connectivity index (χ3v) is 8.05. The van der Waals surface area contributed by atoms with Gasteiger partial charge in [-0.25, -0.2) is 22.8 Å². The maximum Gasteiger partial charge on any atom is 0.283 e. The molecule has 186 valence electrons. The maximum absolute atomic E-state index is 12.9. The first-order valence-corrected chi connectivity index (χ1v) is 13.8. The smallest absolute Gasteiger partial charge is 0.283 e. The fraction of sp³-hybridized carbons (Fsp3) is 0.480. The average Bonchev–Trinajstić information content (AvgIpc) is 3.21. The molecule has 5 rings (SSSR count). The zero-order valence-corrected chi connectivity index (χ0v) is 20.6. The Morgan fingerprint density at radius 1 is 1.17 bits per heavy atom. The first kappa shape index (κ1) is 23.7. The van der Waals surface area contributed by atoms with Crippen LogP contribution in [0.15, 0.2) is 36.4 Å². The van der Waals surface area contributed by atoms with Crippen LogP contribution in [0.1, 0.15) is 61.1 Å². The van der Waals surface area contributed by atoms with Crippen molar-refractivity contribution in [3.8, 4) is 11.4 Å². The Hall–Kier alpha value is -2.98. The Labute approximate surface area is 204 Å². The van der Waals surface area contributed by atoms with Gasteiger partial charge in [-0.3, -0.25) is 4.79 Å². The number of carbonyl (C=O) groups is 1. The summed E-state index contributed by atoms with van der Waals surface area (Å²) in [5.74, 6) is 0.179. The normalized spacial score (nSPS) is 17.3. The molecule has 2 aliphatic rings. The van der Waals surface area contributed by atoms with Gasteiger partial charge in [-0.15, -0.1) is 0 Å². The first-order valence-electron chi connectivity index (χ1n) is 12.2. The van der Waals surface area contributed by atoms with Crippen molar-refractivity contribution in [1.82, 2.24) is 19.5 Å². The fourth-order valence-corrected chi connectivity index (χ4v) is 4.97. The van der Waals surface area contributed by atoms with Gasteiger partial charge in [0.05, 0.1) is 29.1 Å². The molecule has 0 radical (unpaired) electrons. The van der Waals surface area contributed by atoms with E-state index in [1.54, 1.807) is 10.7 Å². The van der Waals surface area contributed by atoms with E-state index in [-0.39, 0.29) is 11.4 Å². The molecule has 1 N–H and O–H groups in total. The van der Waals surface area contributed by atoms with E-state index >= 15 is 0 Å². The van der Waals surface area contributed by atoms with E-state index in [4.69, 9.17) is 14.6 Å². The number of nitrogens with one attached hydrogen (secondary N) is 1. The second-order valence-corrected chi connectivity index (χ2v) is 11.2. The van der Waals surface area contributed by atoms with Gasteiger partial charge in [-0.2, -0.15) is 5.10 Å². The minimum atomic E-state index is -3.74. The van der Waals surface area contributed by atoms with Crippen LogP contribution in [-0.2, 0) is 14.8 Å². The molecule has 1 aliphatic carbocycles. The third kappa shape index (κ3) is 5.04. The van der Waals surface area contributed by atoms with Crippen molar-refractivity contribution in [3.05, 3.63) is 47.8 Å². The van der Waals surface area contributed by atoms with Crippen LogP contribution in [0.4, 0.5) is 0 Å². The number of hydrogen-bond donors (Lipinski definition) is 1. The average molecular weight is 499 g/mol. The zero-order chi connectivity index (χ0) is 24.4. The van der Waals surface area contributed by atoms with Crippen LogP contribution >= 0.6 is 0 Å². The van der Waals surface area contributed by atoms with E-state index in [1.807, 2.05) is 30.3 Å². The van der Waals surface area contributed by atoms with Crippen LogP contribution in [0, 0.1) is 5.92 Å². The molecule has 0 spiro atoms. The van der Waals surface area contributed by atoms with Crippen LogP contribution in [0.25, 0.3) is 16.7 Å². The van der Waals surface area contributed by atoms with Crippen molar-refractivity contribution < 1.29 is 22.7 Å². The minimum Gasteiger partial charge on any atom is -0.492 e. The highest BCUT2D eigenvalue weighted by molar-refractivity contribution is 7.90. The molecule has 3 aromatic rings. The highest BCUT2D eigenvalue weighted by atomic mass is 32.2. The van der Waals surface area contributed by atoms with E-state index in [9.17, 15) is 13.2 Å². The second-order valence-electron chi connectivity index (χ2n) is 9.17. The largest absolute Gasteiger partial charge is 0.492 e. The van der Waals surface area contributed by atoms with E-state index < -0.39 is 15.9 Å². The van der Waals surface area contributed by atoms with E-state index in [2.05, 4.69) is 9.71 Å². The van der Waals surface area contributed by atoms with E-state index in [0.717, 1.165) is 48.9 Å². The molecule has 2 aromatic heterocycles. The molecule has 0 bridgehead atoms. The molecule has 1 saturated carbocycles. The fourth-order valence-electron chi connectivity index (χ4n) is 4.44. The maximum atomic E-state index is 12.9. The van der Waals surface area contributed by atoms with Crippen molar-refractivity contribution in [2.75, 3.05) is 25.6 Å². The van der Waals surface area contributed by atoms with Crippen LogP contribution in [-0.4, -0.2) is 54.7 Å². The molecule has 9 nitrogen and oxygen atoms in total. The van der Waals surface area contributed by atoms with Gasteiger partial charge < -0.3 is 9.47 Å². The highest BCUT2D eigenvalue weighted by Crippen LogP contribution is 2.42. The van der Waals surface area contributed by atoms with Gasteiger partial charge in [0.15, 0.2) is 5.65 Å². The number of aromatic nitrogens is 3. The summed E-state index contributed by atoms with van der Waals surface area (Å²) in [6.45, 7) is 3.38. The van der Waals surface area contributed by atoms with Gasteiger partial charge in [0, 0.05) is 25.2 Å². The predicted octanol–water partition coefficient (Wildman–Crippen LogP) is 3.57. The van der Waals surface area contributed by atoms with Crippen LogP contribution in [0.3, 0.4) is 0 Å². The zero-order valence-electron chi connectivity index (χ0n) is 19.8. The van der Waals surface area contributed by atoms with Gasteiger partial charge >= 0.3 is 0 Å². The molecule has 1 aliphatic heterocycles. The third-order valence-electron chi connectivity index (χ3n) is 6.80. The number of pyridine rings is 1. The summed E-state index contributed by atoms with van der Waals surface area (Å²) in [4.78, 5) is 17.5. The van der Waals surface area contributed by atoms with Gasteiger partial charge in [0.25, 0.3) is 5.91 Å². The number of benzene rings is 1. The van der Waals surface area contributed by atoms with Crippen molar-refractivity contribution in [2.24, 2.45) is 5.92 Å². The first-order chi connectivity index (χ1) is 16.9. The van der Waals surface area contributed by atoms with E-state index in [1.165, 1.54) is 6.92 Å². The van der Waals surface area contributed by atoms with Crippen molar-refractivity contribution in [1.29, 1.82) is 0 Å². The number of nitrogens with zero attached hydrogens (tertiary/aromatic N) is 3. The molecular weight excluding hydrogens is 468 g/mol. The van der Waals surface area contributed by atoms with Gasteiger partial charge in [0.1, 0.15) is 11.4 Å². The molecule has 0 unspecified atom stereocenters. The summed E-state index contributed by atoms with van der Waals surface area (Å²) in [5, 5.41) is 5.72. The minimum absolute atomic E-state index is 0.0197. The topological polar surface area (TPSA) is 112 Å². The molecule has 1 saturated heterocycles. The van der Waals surface area contributed by atoms with E-state index in [0.29, 0.717) is 43.1 Å². The Balaban J connectivity index is 1.63. The van der Waals surface area contributed by atoms with Crippen LogP contribution < -0.4 is 9.46 Å². The number of rotatable bonds is 8. The number of ether oxygens (including phenoxy) is 2. The lowest BCUT2D eigenvalue weighted by Gasteiger charge is -2.25. The molecule has 1 aromatic carbocycles. The van der Waals surface area contributed by atoms with Crippen LogP contribution in [0.2, 0.25) is 0 Å². The van der Waals surface area contributed by atoms with Gasteiger partial charge in [0.2, 0.25) is 10.0 Å². The number of para-hydroxylation sites is 1. The quantitative estimate of drug-likeness (QED) is 0.505. The molecule has 3 heterocycles. The lowest BCUT2D eigenvalue weighted by Crippen LogP contribution is -2.32. The SMILES string of the molecule is CCS(=O)(=O)NC(=O)c1cc(OCC2CCOCC2)c2c(C3CCC3)nn(-c3ccccc3)c2n1. The van der Waals surface area contributed by atoms with Crippen molar-refractivity contribution in [2.45, 2.75) is 44.9 Å². The predicted molar refractivity (Wildman–Crippen MR) is 131 cm³/mol. The Morgan fingerprint density at radius 3 is 2.57 bits per heavy atom. The lowest BCUT2D eigenvalue weighted by molar-refractivity contribution is 0.0499. The summed E-state index contributed by atoms with van der Waals surface area (Å²) in [6, 6.07) is 11.2. The standard InChI is InChI=1S/C25H30N4O5S/c1-2-35(31,32)28-25(30)20-15-21(34-16-17-11-13-33-14-12-17)22-23(18-7-6-8-18)27-29(24(22)26-20)19-9-4-3-5-10-19/h3-5,9-10,15,17-18H,2,6-8,11-14,16H2,1H3,(H,28,30). The van der Waals surface area contributed by atoms with Crippen LogP contribution in [0.5, 0.6) is 5.75 Å². The molecule has 10 heteroatoms. The second kappa shape index (κ2) is 9.94. The number of amides is 1. The lowest BCUT2D eigenvalue weighted by atomic mass is 9.82. The Morgan fingerprint density at radius 2 is 1.91 bits per heavy atom. The molecular formula is C25H30N4O5S. The van der Waals surface area contributed by atoms with Gasteiger partial charge in [-0.05, 0) is 50.7 Å². The highest BCUT2D eigenvalue weighted by Gasteiger charge is 2.30. The summed E-state index contributed by atoms with van der Waals surface area (Å²) in [7, 11) is -3.74. The molecule has 2 fully saturated rings. The molecule has 35 heavy (non-hydrogen) atoms. The van der Waals surface area contributed by atoms with Gasteiger partial charge in [-0.1, -0.05) is 24.6 Å². The molecule has 0 atom stereocenters. The summed E-state index contributed by atoms with van der Waals surface area (Å²) in [6.07, 6.45) is 5.05. The Bertz CT molecular complexity index is 1310.